The number of amides is 1. The average molecular weight is 405 g/mol. The summed E-state index contributed by atoms with van der Waals surface area (Å²) >= 11 is 0. The average Bonchev–Trinajstić information content (AvgIpc) is 3.14. The Morgan fingerprint density at radius 2 is 1.45 bits per heavy atom. The summed E-state index contributed by atoms with van der Waals surface area (Å²) in [4.78, 5) is 12.3. The van der Waals surface area contributed by atoms with E-state index in [0.29, 0.717) is 13.2 Å². The number of rotatable bonds is 5. The molecular formula is C28H23NO2. The molecule has 0 heterocycles. The van der Waals surface area contributed by atoms with Crippen LogP contribution in [-0.2, 0) is 4.74 Å². The normalized spacial score (nSPS) is 12.6. The summed E-state index contributed by atoms with van der Waals surface area (Å²) in [6.07, 6.45) is 3.58. The third-order valence-corrected chi connectivity index (χ3v) is 5.83. The van der Waals surface area contributed by atoms with Gasteiger partial charge >= 0.3 is 6.09 Å². The van der Waals surface area contributed by atoms with Crippen LogP contribution in [0.2, 0.25) is 0 Å². The number of carbonyl (C=O) groups excluding carboxylic acids is 1. The van der Waals surface area contributed by atoms with E-state index in [1.54, 1.807) is 0 Å². The number of carbonyl (C=O) groups is 1. The van der Waals surface area contributed by atoms with Crippen LogP contribution in [-0.4, -0.2) is 19.2 Å². The molecule has 0 spiro atoms. The molecule has 0 radical (unpaired) electrons. The Bertz CT molecular complexity index is 1220. The standard InChI is InChI=1S/C28H23NO2/c30-28(29-18-8-12-21-11-7-10-20-9-1-2-13-22(20)21)31-19-27-25-16-5-3-14-23(25)24-15-4-6-17-26(24)27/h1-17,27H,18-19H2,(H,29,30). The summed E-state index contributed by atoms with van der Waals surface area (Å²) in [5, 5.41) is 5.22. The Morgan fingerprint density at radius 1 is 0.806 bits per heavy atom. The van der Waals surface area contributed by atoms with Crippen LogP contribution in [0.25, 0.3) is 28.0 Å². The van der Waals surface area contributed by atoms with Crippen molar-refractivity contribution in [1.29, 1.82) is 0 Å². The number of alkyl carbamates (subject to hydrolysis) is 1. The summed E-state index contributed by atoms with van der Waals surface area (Å²) in [5.74, 6) is 0.0735. The third kappa shape index (κ3) is 3.82. The summed E-state index contributed by atoms with van der Waals surface area (Å²) in [7, 11) is 0. The maximum absolute atomic E-state index is 12.3. The fraction of sp³-hybridized carbons (Fsp3) is 0.107. The van der Waals surface area contributed by atoms with Crippen molar-refractivity contribution in [3.63, 3.8) is 0 Å². The van der Waals surface area contributed by atoms with Gasteiger partial charge in [0.25, 0.3) is 0 Å². The van der Waals surface area contributed by atoms with Crippen LogP contribution >= 0.6 is 0 Å². The lowest BCUT2D eigenvalue weighted by Gasteiger charge is -2.14. The first-order valence-corrected chi connectivity index (χ1v) is 10.5. The van der Waals surface area contributed by atoms with Crippen LogP contribution in [0, 0.1) is 0 Å². The Balaban J connectivity index is 1.20. The zero-order chi connectivity index (χ0) is 21.0. The van der Waals surface area contributed by atoms with Crippen molar-refractivity contribution >= 4 is 22.9 Å². The van der Waals surface area contributed by atoms with Crippen LogP contribution in [0.1, 0.15) is 22.6 Å². The highest BCUT2D eigenvalue weighted by atomic mass is 16.5. The Labute approximate surface area is 182 Å². The number of fused-ring (bicyclic) bond motifs is 4. The Hall–Kier alpha value is -3.85. The van der Waals surface area contributed by atoms with Crippen LogP contribution in [0.4, 0.5) is 4.79 Å². The monoisotopic (exact) mass is 405 g/mol. The predicted molar refractivity (Wildman–Crippen MR) is 126 cm³/mol. The van der Waals surface area contributed by atoms with Gasteiger partial charge in [0.15, 0.2) is 0 Å². The highest BCUT2D eigenvalue weighted by molar-refractivity contribution is 5.90. The topological polar surface area (TPSA) is 38.3 Å². The Kier molecular flexibility index (Phi) is 5.24. The molecule has 0 saturated carbocycles. The molecule has 0 aliphatic heterocycles. The third-order valence-electron chi connectivity index (χ3n) is 5.83. The molecule has 3 heteroatoms. The van der Waals surface area contributed by atoms with Gasteiger partial charge in [0.2, 0.25) is 0 Å². The minimum atomic E-state index is -0.399. The fourth-order valence-corrected chi connectivity index (χ4v) is 4.37. The minimum absolute atomic E-state index is 0.0735. The van der Waals surface area contributed by atoms with Crippen LogP contribution < -0.4 is 5.32 Å². The molecule has 4 aromatic carbocycles. The van der Waals surface area contributed by atoms with Gasteiger partial charge in [-0.3, -0.25) is 0 Å². The molecule has 5 rings (SSSR count). The first-order valence-electron chi connectivity index (χ1n) is 10.5. The summed E-state index contributed by atoms with van der Waals surface area (Å²) in [6.45, 7) is 0.743. The van der Waals surface area contributed by atoms with Gasteiger partial charge in [-0.1, -0.05) is 103 Å². The molecule has 0 aromatic heterocycles. The van der Waals surface area contributed by atoms with Gasteiger partial charge in [-0.15, -0.1) is 0 Å². The van der Waals surface area contributed by atoms with Crippen molar-refractivity contribution in [3.8, 4) is 11.1 Å². The molecule has 3 nitrogen and oxygen atoms in total. The van der Waals surface area contributed by atoms with Gasteiger partial charge in [0.1, 0.15) is 6.61 Å². The number of ether oxygens (including phenoxy) is 1. The lowest BCUT2D eigenvalue weighted by molar-refractivity contribution is 0.144. The van der Waals surface area contributed by atoms with Gasteiger partial charge in [-0.25, -0.2) is 4.79 Å². The maximum Gasteiger partial charge on any atom is 0.407 e. The number of nitrogens with one attached hydrogen (secondary N) is 1. The lowest BCUT2D eigenvalue weighted by atomic mass is 9.98. The van der Waals surface area contributed by atoms with E-state index >= 15 is 0 Å². The first kappa shape index (κ1) is 19.1. The molecule has 0 fully saturated rings. The van der Waals surface area contributed by atoms with Crippen LogP contribution in [0.15, 0.2) is 97.1 Å². The van der Waals surface area contributed by atoms with E-state index in [0.717, 1.165) is 5.56 Å². The highest BCUT2D eigenvalue weighted by Crippen LogP contribution is 2.44. The molecule has 1 aliphatic rings. The second kappa shape index (κ2) is 8.49. The van der Waals surface area contributed by atoms with Crippen molar-refractivity contribution in [2.24, 2.45) is 0 Å². The molecule has 31 heavy (non-hydrogen) atoms. The van der Waals surface area contributed by atoms with Gasteiger partial charge in [-0.2, -0.15) is 0 Å². The van der Waals surface area contributed by atoms with Crippen LogP contribution in [0.5, 0.6) is 0 Å². The molecule has 152 valence electrons. The van der Waals surface area contributed by atoms with Crippen molar-refractivity contribution in [1.82, 2.24) is 5.32 Å². The second-order valence-electron chi connectivity index (χ2n) is 7.68. The smallest absolute Gasteiger partial charge is 0.407 e. The molecule has 0 unspecified atom stereocenters. The minimum Gasteiger partial charge on any atom is -0.449 e. The van der Waals surface area contributed by atoms with Crippen LogP contribution in [0.3, 0.4) is 0 Å². The number of hydrogen-bond donors (Lipinski definition) is 1. The van der Waals surface area contributed by atoms with E-state index in [2.05, 4.69) is 53.8 Å². The van der Waals surface area contributed by atoms with Crippen molar-refractivity contribution in [3.05, 3.63) is 114 Å². The van der Waals surface area contributed by atoms with Gasteiger partial charge < -0.3 is 10.1 Å². The quantitative estimate of drug-likeness (QED) is 0.418. The second-order valence-corrected chi connectivity index (χ2v) is 7.68. The van der Waals surface area contributed by atoms with Gasteiger partial charge in [-0.05, 0) is 38.6 Å². The van der Waals surface area contributed by atoms with E-state index < -0.39 is 6.09 Å². The first-order chi connectivity index (χ1) is 15.3. The SMILES string of the molecule is O=C(NCC=Cc1cccc2ccccc12)OCC1c2ccccc2-c2ccccc21. The van der Waals surface area contributed by atoms with Gasteiger partial charge in [0, 0.05) is 12.5 Å². The van der Waals surface area contributed by atoms with E-state index in [4.69, 9.17) is 4.74 Å². The van der Waals surface area contributed by atoms with Gasteiger partial charge in [0.05, 0.1) is 0 Å². The van der Waals surface area contributed by atoms with Crippen molar-refractivity contribution in [2.75, 3.05) is 13.2 Å². The zero-order valence-corrected chi connectivity index (χ0v) is 17.1. The van der Waals surface area contributed by atoms with Crippen molar-refractivity contribution < 1.29 is 9.53 Å². The molecule has 1 amide bonds. The number of hydrogen-bond acceptors (Lipinski definition) is 2. The highest BCUT2D eigenvalue weighted by Gasteiger charge is 2.28. The molecule has 1 aliphatic carbocycles. The summed E-state index contributed by atoms with van der Waals surface area (Å²) < 4.78 is 5.58. The van der Waals surface area contributed by atoms with Crippen molar-refractivity contribution in [2.45, 2.75) is 5.92 Å². The number of benzene rings is 4. The molecule has 4 aromatic rings. The van der Waals surface area contributed by atoms with E-state index in [1.807, 2.05) is 54.6 Å². The zero-order valence-electron chi connectivity index (χ0n) is 17.1. The summed E-state index contributed by atoms with van der Waals surface area (Å²) in [6, 6.07) is 31.2. The largest absolute Gasteiger partial charge is 0.449 e. The van der Waals surface area contributed by atoms with E-state index in [-0.39, 0.29) is 5.92 Å². The van der Waals surface area contributed by atoms with E-state index in [1.165, 1.54) is 33.0 Å². The maximum atomic E-state index is 12.3. The fourth-order valence-electron chi connectivity index (χ4n) is 4.37. The summed E-state index contributed by atoms with van der Waals surface area (Å²) in [5.41, 5.74) is 6.02. The molecular weight excluding hydrogens is 382 g/mol. The molecule has 0 atom stereocenters. The lowest BCUT2D eigenvalue weighted by Crippen LogP contribution is -2.26. The van der Waals surface area contributed by atoms with E-state index in [9.17, 15) is 4.79 Å². The molecule has 1 N–H and O–H groups in total. The molecule has 0 bridgehead atoms. The predicted octanol–water partition coefficient (Wildman–Crippen LogP) is 6.39. The Morgan fingerprint density at radius 3 is 2.23 bits per heavy atom. The molecule has 0 saturated heterocycles.